The lowest BCUT2D eigenvalue weighted by atomic mass is 9.95. The van der Waals surface area contributed by atoms with Crippen LogP contribution in [0.15, 0.2) is 4.52 Å². The van der Waals surface area contributed by atoms with E-state index in [4.69, 9.17) is 9.26 Å². The molecule has 1 aliphatic heterocycles. The second kappa shape index (κ2) is 5.80. The Morgan fingerprint density at radius 2 is 2.28 bits per heavy atom. The zero-order valence-corrected chi connectivity index (χ0v) is 11.5. The largest absolute Gasteiger partial charge is 0.367 e. The number of hydrogen-bond acceptors (Lipinski definition) is 5. The van der Waals surface area contributed by atoms with Crippen LogP contribution in [-0.2, 0) is 16.8 Å². The van der Waals surface area contributed by atoms with Crippen LogP contribution in [-0.4, -0.2) is 29.8 Å². The van der Waals surface area contributed by atoms with Crippen molar-refractivity contribution in [3.63, 3.8) is 0 Å². The van der Waals surface area contributed by atoms with Gasteiger partial charge in [0.15, 0.2) is 0 Å². The van der Waals surface area contributed by atoms with Crippen LogP contribution in [0.3, 0.4) is 0 Å². The van der Waals surface area contributed by atoms with Crippen LogP contribution in [0.2, 0.25) is 0 Å². The Kier molecular flexibility index (Phi) is 4.35. The molecule has 0 aliphatic carbocycles. The van der Waals surface area contributed by atoms with E-state index in [2.05, 4.69) is 29.3 Å². The fourth-order valence-corrected chi connectivity index (χ4v) is 2.17. The third-order valence-electron chi connectivity index (χ3n) is 3.69. The average Bonchev–Trinajstić information content (AvgIpc) is 2.86. The summed E-state index contributed by atoms with van der Waals surface area (Å²) in [4.78, 5) is 4.48. The number of hydrogen-bond donors (Lipinski definition) is 1. The van der Waals surface area contributed by atoms with Crippen molar-refractivity contribution in [1.29, 1.82) is 0 Å². The van der Waals surface area contributed by atoms with E-state index in [1.54, 1.807) is 0 Å². The van der Waals surface area contributed by atoms with E-state index in [1.807, 2.05) is 7.05 Å². The molecule has 0 aromatic carbocycles. The molecule has 2 unspecified atom stereocenters. The molecule has 5 heteroatoms. The van der Waals surface area contributed by atoms with Gasteiger partial charge in [-0.1, -0.05) is 5.16 Å². The molecule has 18 heavy (non-hydrogen) atoms. The van der Waals surface area contributed by atoms with Crippen LogP contribution >= 0.6 is 0 Å². The van der Waals surface area contributed by atoms with Gasteiger partial charge in [0.05, 0.1) is 0 Å². The number of rotatable bonds is 5. The number of aryl methyl sites for hydroxylation is 1. The summed E-state index contributed by atoms with van der Waals surface area (Å²) in [6.45, 7) is 4.98. The average molecular weight is 253 g/mol. The van der Waals surface area contributed by atoms with Crippen LogP contribution in [0, 0.1) is 0 Å². The van der Waals surface area contributed by atoms with Crippen molar-refractivity contribution in [2.24, 2.45) is 0 Å². The minimum Gasteiger partial charge on any atom is -0.367 e. The fraction of sp³-hybridized carbons (Fsp3) is 0.846. The molecule has 1 saturated heterocycles. The van der Waals surface area contributed by atoms with Crippen LogP contribution in [0.1, 0.15) is 51.2 Å². The zero-order valence-electron chi connectivity index (χ0n) is 11.5. The molecule has 102 valence electrons. The van der Waals surface area contributed by atoms with Gasteiger partial charge in [-0.15, -0.1) is 0 Å². The first-order valence-electron chi connectivity index (χ1n) is 6.78. The molecule has 1 aliphatic rings. The lowest BCUT2D eigenvalue weighted by molar-refractivity contribution is -0.0770. The van der Waals surface area contributed by atoms with Crippen molar-refractivity contribution in [1.82, 2.24) is 15.5 Å². The van der Waals surface area contributed by atoms with Crippen LogP contribution < -0.4 is 5.32 Å². The Labute approximate surface area is 108 Å². The lowest BCUT2D eigenvalue weighted by Crippen LogP contribution is -2.31. The molecule has 2 rings (SSSR count). The van der Waals surface area contributed by atoms with E-state index in [0.717, 1.165) is 38.7 Å². The van der Waals surface area contributed by atoms with Crippen molar-refractivity contribution >= 4 is 0 Å². The van der Waals surface area contributed by atoms with Crippen molar-refractivity contribution < 1.29 is 9.26 Å². The number of aromatic nitrogens is 2. The molecule has 0 saturated carbocycles. The molecule has 0 spiro atoms. The van der Waals surface area contributed by atoms with E-state index >= 15 is 0 Å². The SMILES string of the molecule is CNC(C)CCc1nc(C2(C)CCCCO2)no1. The molecule has 1 aromatic rings. The van der Waals surface area contributed by atoms with Gasteiger partial charge in [0.1, 0.15) is 5.60 Å². The van der Waals surface area contributed by atoms with Gasteiger partial charge in [-0.25, -0.2) is 0 Å². The standard InChI is InChI=1S/C13H23N3O2/c1-10(14-3)6-7-11-15-12(16-18-11)13(2)8-4-5-9-17-13/h10,14H,4-9H2,1-3H3. The summed E-state index contributed by atoms with van der Waals surface area (Å²) in [6, 6.07) is 0.460. The van der Waals surface area contributed by atoms with Gasteiger partial charge in [-0.3, -0.25) is 0 Å². The van der Waals surface area contributed by atoms with E-state index in [-0.39, 0.29) is 5.60 Å². The number of nitrogens with zero attached hydrogens (tertiary/aromatic N) is 2. The molecular weight excluding hydrogens is 230 g/mol. The Hall–Kier alpha value is -0.940. The minimum atomic E-state index is -0.353. The monoisotopic (exact) mass is 253 g/mol. The highest BCUT2D eigenvalue weighted by atomic mass is 16.5. The summed E-state index contributed by atoms with van der Waals surface area (Å²) >= 11 is 0. The predicted octanol–water partition coefficient (Wildman–Crippen LogP) is 2.03. The quantitative estimate of drug-likeness (QED) is 0.870. The molecular formula is C13H23N3O2. The fourth-order valence-electron chi connectivity index (χ4n) is 2.17. The van der Waals surface area contributed by atoms with Gasteiger partial charge in [0, 0.05) is 19.1 Å². The summed E-state index contributed by atoms with van der Waals surface area (Å²) in [5.41, 5.74) is -0.353. The highest BCUT2D eigenvalue weighted by molar-refractivity contribution is 5.00. The summed E-state index contributed by atoms with van der Waals surface area (Å²) in [5, 5.41) is 7.28. The van der Waals surface area contributed by atoms with Crippen molar-refractivity contribution in [2.75, 3.05) is 13.7 Å². The Morgan fingerprint density at radius 1 is 1.44 bits per heavy atom. The van der Waals surface area contributed by atoms with Crippen LogP contribution in [0.5, 0.6) is 0 Å². The maximum absolute atomic E-state index is 5.81. The summed E-state index contributed by atoms with van der Waals surface area (Å²) in [7, 11) is 1.96. The third kappa shape index (κ3) is 3.09. The molecule has 5 nitrogen and oxygen atoms in total. The van der Waals surface area contributed by atoms with Gasteiger partial charge in [0.2, 0.25) is 11.7 Å². The van der Waals surface area contributed by atoms with Crippen molar-refractivity contribution in [2.45, 2.75) is 57.6 Å². The minimum absolute atomic E-state index is 0.353. The first-order chi connectivity index (χ1) is 8.64. The first kappa shape index (κ1) is 13.5. The third-order valence-corrected chi connectivity index (χ3v) is 3.69. The second-order valence-electron chi connectivity index (χ2n) is 5.28. The smallest absolute Gasteiger partial charge is 0.226 e. The van der Waals surface area contributed by atoms with Gasteiger partial charge < -0.3 is 14.6 Å². The Morgan fingerprint density at radius 3 is 2.94 bits per heavy atom. The molecule has 0 radical (unpaired) electrons. The van der Waals surface area contributed by atoms with Gasteiger partial charge in [-0.2, -0.15) is 4.98 Å². The Bertz CT molecular complexity index is 372. The van der Waals surface area contributed by atoms with Crippen molar-refractivity contribution in [3.8, 4) is 0 Å². The predicted molar refractivity (Wildman–Crippen MR) is 68.3 cm³/mol. The molecule has 1 N–H and O–H groups in total. The van der Waals surface area contributed by atoms with Gasteiger partial charge >= 0.3 is 0 Å². The van der Waals surface area contributed by atoms with Crippen LogP contribution in [0.25, 0.3) is 0 Å². The molecule has 2 atom stereocenters. The molecule has 2 heterocycles. The van der Waals surface area contributed by atoms with Crippen LogP contribution in [0.4, 0.5) is 0 Å². The topological polar surface area (TPSA) is 60.2 Å². The highest BCUT2D eigenvalue weighted by Crippen LogP contribution is 2.32. The van der Waals surface area contributed by atoms with Crippen molar-refractivity contribution in [3.05, 3.63) is 11.7 Å². The lowest BCUT2D eigenvalue weighted by Gasteiger charge is -2.30. The molecule has 1 aromatic heterocycles. The maximum Gasteiger partial charge on any atom is 0.226 e. The maximum atomic E-state index is 5.81. The van der Waals surface area contributed by atoms with Gasteiger partial charge in [0.25, 0.3) is 0 Å². The summed E-state index contributed by atoms with van der Waals surface area (Å²) < 4.78 is 11.1. The van der Waals surface area contributed by atoms with Gasteiger partial charge in [-0.05, 0) is 46.6 Å². The van der Waals surface area contributed by atoms with E-state index in [1.165, 1.54) is 0 Å². The molecule has 0 amide bonds. The number of nitrogens with one attached hydrogen (secondary N) is 1. The summed E-state index contributed by atoms with van der Waals surface area (Å²) in [6.07, 6.45) is 5.07. The highest BCUT2D eigenvalue weighted by Gasteiger charge is 2.34. The second-order valence-corrected chi connectivity index (χ2v) is 5.28. The summed E-state index contributed by atoms with van der Waals surface area (Å²) in [5.74, 6) is 1.41. The zero-order chi connectivity index (χ0) is 13.0. The van der Waals surface area contributed by atoms with E-state index in [9.17, 15) is 0 Å². The normalized spacial score (nSPS) is 26.2. The Balaban J connectivity index is 1.96. The molecule has 0 bridgehead atoms. The van der Waals surface area contributed by atoms with E-state index < -0.39 is 0 Å². The molecule has 1 fully saturated rings. The van der Waals surface area contributed by atoms with E-state index in [0.29, 0.717) is 17.8 Å². The first-order valence-corrected chi connectivity index (χ1v) is 6.78. The number of ether oxygens (including phenoxy) is 1.